The summed E-state index contributed by atoms with van der Waals surface area (Å²) in [7, 11) is 0. The molecule has 4 atom stereocenters. The van der Waals surface area contributed by atoms with E-state index in [1.165, 1.54) is 44.9 Å². The fourth-order valence-electron chi connectivity index (χ4n) is 5.86. The number of nitrogens with zero attached hydrogens (tertiary/aromatic N) is 2. The molecule has 3 aliphatic carbocycles. The van der Waals surface area contributed by atoms with E-state index < -0.39 is 0 Å². The van der Waals surface area contributed by atoms with Gasteiger partial charge in [0.25, 0.3) is 0 Å². The van der Waals surface area contributed by atoms with Gasteiger partial charge in [-0.2, -0.15) is 0 Å². The van der Waals surface area contributed by atoms with Gasteiger partial charge in [0, 0.05) is 38.6 Å². The van der Waals surface area contributed by atoms with E-state index in [0.29, 0.717) is 56.3 Å². The zero-order chi connectivity index (χ0) is 17.4. The van der Waals surface area contributed by atoms with Crippen molar-refractivity contribution < 1.29 is 9.59 Å². The average molecular weight is 384 g/mol. The first-order valence-corrected chi connectivity index (χ1v) is 10.5. The first-order valence-electron chi connectivity index (χ1n) is 10.5. The Morgan fingerprint density at radius 2 is 1.46 bits per heavy atom. The topological polar surface area (TPSA) is 66.6 Å². The van der Waals surface area contributed by atoms with Gasteiger partial charge in [-0.05, 0) is 49.9 Å². The lowest BCUT2D eigenvalue weighted by Crippen LogP contribution is -2.55. The molecule has 0 radical (unpaired) electrons. The summed E-state index contributed by atoms with van der Waals surface area (Å²) in [6.07, 6.45) is 10.6. The molecule has 5 nitrogen and oxygen atoms in total. The number of rotatable bonds is 3. The van der Waals surface area contributed by atoms with Crippen LogP contribution in [0.15, 0.2) is 0 Å². The summed E-state index contributed by atoms with van der Waals surface area (Å²) in [4.78, 5) is 29.5. The number of carbonyl (C=O) groups excluding carboxylic acids is 2. The normalized spacial score (nSPS) is 34.7. The number of fused-ring (bicyclic) bond motifs is 2. The summed E-state index contributed by atoms with van der Waals surface area (Å²) in [5.74, 6) is 2.28. The molecule has 0 aromatic carbocycles. The van der Waals surface area contributed by atoms with Crippen LogP contribution in [0.4, 0.5) is 0 Å². The highest BCUT2D eigenvalue weighted by molar-refractivity contribution is 5.85. The average Bonchev–Trinajstić information content (AvgIpc) is 3.23. The van der Waals surface area contributed by atoms with Crippen molar-refractivity contribution in [3.8, 4) is 0 Å². The Morgan fingerprint density at radius 3 is 2.08 bits per heavy atom. The molecule has 4 aliphatic rings. The molecule has 4 rings (SSSR count). The van der Waals surface area contributed by atoms with Crippen molar-refractivity contribution in [3.63, 3.8) is 0 Å². The molecule has 3 saturated carbocycles. The predicted molar refractivity (Wildman–Crippen MR) is 104 cm³/mol. The smallest absolute Gasteiger partial charge is 0.227 e. The zero-order valence-electron chi connectivity index (χ0n) is 15.8. The second kappa shape index (κ2) is 8.47. The van der Waals surface area contributed by atoms with Crippen LogP contribution >= 0.6 is 12.4 Å². The fourth-order valence-corrected chi connectivity index (χ4v) is 5.86. The van der Waals surface area contributed by atoms with E-state index in [4.69, 9.17) is 5.73 Å². The highest BCUT2D eigenvalue weighted by Gasteiger charge is 2.50. The molecule has 148 valence electrons. The molecule has 1 heterocycles. The number of halogens is 1. The van der Waals surface area contributed by atoms with Crippen LogP contribution in [0, 0.1) is 23.7 Å². The van der Waals surface area contributed by atoms with E-state index >= 15 is 0 Å². The predicted octanol–water partition coefficient (Wildman–Crippen LogP) is 2.42. The Labute approximate surface area is 163 Å². The second-order valence-corrected chi connectivity index (χ2v) is 8.85. The minimum atomic E-state index is 0. The van der Waals surface area contributed by atoms with Gasteiger partial charge in [0.05, 0.1) is 5.92 Å². The fraction of sp³-hybridized carbons (Fsp3) is 0.900. The van der Waals surface area contributed by atoms with Crippen molar-refractivity contribution in [3.05, 3.63) is 0 Å². The lowest BCUT2D eigenvalue weighted by Gasteiger charge is -2.39. The minimum absolute atomic E-state index is 0. The van der Waals surface area contributed by atoms with E-state index in [2.05, 4.69) is 0 Å². The molecule has 1 aliphatic heterocycles. The molecule has 1 saturated heterocycles. The van der Waals surface area contributed by atoms with E-state index in [9.17, 15) is 9.59 Å². The maximum atomic E-state index is 12.9. The van der Waals surface area contributed by atoms with Gasteiger partial charge in [0.2, 0.25) is 11.8 Å². The van der Waals surface area contributed by atoms with Gasteiger partial charge in [0.15, 0.2) is 0 Å². The molecule has 26 heavy (non-hydrogen) atoms. The molecule has 0 aromatic rings. The summed E-state index contributed by atoms with van der Waals surface area (Å²) in [6.45, 7) is 2.78. The number of amides is 2. The highest BCUT2D eigenvalue weighted by Crippen LogP contribution is 2.48. The number of carbonyl (C=O) groups is 2. The zero-order valence-corrected chi connectivity index (χ0v) is 16.6. The largest absolute Gasteiger partial charge is 0.339 e. The molecule has 0 spiro atoms. The van der Waals surface area contributed by atoms with Gasteiger partial charge in [-0.3, -0.25) is 9.59 Å². The van der Waals surface area contributed by atoms with E-state index in [1.807, 2.05) is 9.80 Å². The van der Waals surface area contributed by atoms with Crippen LogP contribution < -0.4 is 5.73 Å². The Balaban J connectivity index is 0.00000196. The Bertz CT molecular complexity index is 513. The molecule has 0 aromatic heterocycles. The van der Waals surface area contributed by atoms with Gasteiger partial charge >= 0.3 is 0 Å². The van der Waals surface area contributed by atoms with Crippen molar-refractivity contribution in [1.29, 1.82) is 0 Å². The third-order valence-electron chi connectivity index (χ3n) is 7.40. The van der Waals surface area contributed by atoms with Crippen LogP contribution in [0.25, 0.3) is 0 Å². The van der Waals surface area contributed by atoms with Crippen LogP contribution in [0.3, 0.4) is 0 Å². The summed E-state index contributed by atoms with van der Waals surface area (Å²) in [5, 5.41) is 0. The van der Waals surface area contributed by atoms with Crippen LogP contribution in [-0.2, 0) is 9.59 Å². The van der Waals surface area contributed by atoms with Gasteiger partial charge in [0.1, 0.15) is 0 Å². The van der Waals surface area contributed by atoms with Gasteiger partial charge in [-0.25, -0.2) is 0 Å². The Hall–Kier alpha value is -0.810. The summed E-state index contributed by atoms with van der Waals surface area (Å²) in [5.41, 5.74) is 6.34. The lowest BCUT2D eigenvalue weighted by molar-refractivity contribution is -0.144. The molecule has 2 bridgehead atoms. The third-order valence-corrected chi connectivity index (χ3v) is 7.40. The van der Waals surface area contributed by atoms with Crippen LogP contribution in [-0.4, -0.2) is 53.8 Å². The van der Waals surface area contributed by atoms with Crippen LogP contribution in [0.1, 0.15) is 57.8 Å². The highest BCUT2D eigenvalue weighted by atomic mass is 35.5. The number of piperazine rings is 1. The molecule has 4 unspecified atom stereocenters. The van der Waals surface area contributed by atoms with Crippen molar-refractivity contribution in [2.75, 3.05) is 26.2 Å². The number of nitrogens with two attached hydrogens (primary N) is 1. The molecular formula is C20H34ClN3O2. The molecular weight excluding hydrogens is 350 g/mol. The summed E-state index contributed by atoms with van der Waals surface area (Å²) >= 11 is 0. The summed E-state index contributed by atoms with van der Waals surface area (Å²) < 4.78 is 0. The maximum Gasteiger partial charge on any atom is 0.227 e. The SMILES string of the molecule is Cl.NC1C2CCC(C2)C1C(=O)N1CCN(C(=O)CC2CCCCC2)CC1. The van der Waals surface area contributed by atoms with E-state index in [1.54, 1.807) is 0 Å². The maximum absolute atomic E-state index is 12.9. The van der Waals surface area contributed by atoms with E-state index in [0.717, 1.165) is 6.42 Å². The van der Waals surface area contributed by atoms with Crippen molar-refractivity contribution in [1.82, 2.24) is 9.80 Å². The van der Waals surface area contributed by atoms with Gasteiger partial charge in [-0.1, -0.05) is 19.3 Å². The minimum Gasteiger partial charge on any atom is -0.339 e. The van der Waals surface area contributed by atoms with Gasteiger partial charge in [-0.15, -0.1) is 12.4 Å². The molecule has 4 fully saturated rings. The van der Waals surface area contributed by atoms with Crippen molar-refractivity contribution in [2.45, 2.75) is 63.8 Å². The molecule has 2 amide bonds. The lowest BCUT2D eigenvalue weighted by atomic mass is 9.84. The first kappa shape index (κ1) is 19.9. The van der Waals surface area contributed by atoms with Gasteiger partial charge < -0.3 is 15.5 Å². The standard InChI is InChI=1S/C20H33N3O2.ClH/c21-19-16-7-6-15(13-16)18(19)20(25)23-10-8-22(9-11-23)17(24)12-14-4-2-1-3-5-14;/h14-16,18-19H,1-13,21H2;1H. The van der Waals surface area contributed by atoms with Crippen LogP contribution in [0.2, 0.25) is 0 Å². The summed E-state index contributed by atoms with van der Waals surface area (Å²) in [6, 6.07) is 0.0669. The monoisotopic (exact) mass is 383 g/mol. The molecule has 2 N–H and O–H groups in total. The van der Waals surface area contributed by atoms with Crippen molar-refractivity contribution in [2.24, 2.45) is 29.4 Å². The van der Waals surface area contributed by atoms with Crippen molar-refractivity contribution >= 4 is 24.2 Å². The Kier molecular flexibility index (Phi) is 6.50. The second-order valence-electron chi connectivity index (χ2n) is 8.85. The number of hydrogen-bond acceptors (Lipinski definition) is 3. The molecule has 6 heteroatoms. The van der Waals surface area contributed by atoms with Crippen LogP contribution in [0.5, 0.6) is 0 Å². The quantitative estimate of drug-likeness (QED) is 0.813. The van der Waals surface area contributed by atoms with E-state index in [-0.39, 0.29) is 30.3 Å². The number of hydrogen-bond donors (Lipinski definition) is 1. The Morgan fingerprint density at radius 1 is 0.846 bits per heavy atom. The third kappa shape index (κ3) is 3.89. The first-order chi connectivity index (χ1) is 12.1.